The van der Waals surface area contributed by atoms with Crippen LogP contribution < -0.4 is 5.73 Å². The standard InChI is InChI=1S/C8H9ClN2O2/c1-4-6(9)2-5(3-11-4)7(10)8(12)13/h2-3,7H,10H2,1H3,(H,12,13). The molecule has 3 N–H and O–H groups in total. The zero-order valence-corrected chi connectivity index (χ0v) is 7.75. The van der Waals surface area contributed by atoms with Crippen LogP contribution in [0.5, 0.6) is 0 Å². The van der Waals surface area contributed by atoms with E-state index in [1.54, 1.807) is 6.92 Å². The molecule has 0 spiro atoms. The van der Waals surface area contributed by atoms with E-state index < -0.39 is 12.0 Å². The average Bonchev–Trinajstić information content (AvgIpc) is 2.08. The highest BCUT2D eigenvalue weighted by Crippen LogP contribution is 2.17. The average molecular weight is 201 g/mol. The van der Waals surface area contributed by atoms with Crippen LogP contribution in [0.1, 0.15) is 17.3 Å². The third kappa shape index (κ3) is 2.17. The van der Waals surface area contributed by atoms with Gasteiger partial charge in [0, 0.05) is 6.20 Å². The molecule has 0 amide bonds. The van der Waals surface area contributed by atoms with E-state index in [1.807, 2.05) is 0 Å². The third-order valence-corrected chi connectivity index (χ3v) is 2.05. The molecule has 0 saturated heterocycles. The fraction of sp³-hybridized carbons (Fsp3) is 0.250. The zero-order chi connectivity index (χ0) is 10.0. The highest BCUT2D eigenvalue weighted by molar-refractivity contribution is 6.31. The molecule has 0 aliphatic heterocycles. The molecule has 1 heterocycles. The molecule has 13 heavy (non-hydrogen) atoms. The molecular weight excluding hydrogens is 192 g/mol. The Bertz CT molecular complexity index is 341. The molecular formula is C8H9ClN2O2. The molecule has 0 saturated carbocycles. The second-order valence-corrected chi connectivity index (χ2v) is 3.06. The van der Waals surface area contributed by atoms with Gasteiger partial charge in [-0.2, -0.15) is 0 Å². The van der Waals surface area contributed by atoms with E-state index in [4.69, 9.17) is 22.4 Å². The largest absolute Gasteiger partial charge is 0.480 e. The van der Waals surface area contributed by atoms with E-state index in [9.17, 15) is 4.79 Å². The Hall–Kier alpha value is -1.13. The van der Waals surface area contributed by atoms with Gasteiger partial charge in [0.1, 0.15) is 6.04 Å². The fourth-order valence-electron chi connectivity index (χ4n) is 0.834. The fourth-order valence-corrected chi connectivity index (χ4v) is 1.01. The van der Waals surface area contributed by atoms with Gasteiger partial charge in [0.05, 0.1) is 10.7 Å². The molecule has 1 rings (SSSR count). The number of rotatable bonds is 2. The van der Waals surface area contributed by atoms with Crippen molar-refractivity contribution in [1.82, 2.24) is 4.98 Å². The van der Waals surface area contributed by atoms with Gasteiger partial charge < -0.3 is 10.8 Å². The van der Waals surface area contributed by atoms with Crippen molar-refractivity contribution in [3.8, 4) is 0 Å². The molecule has 1 atom stereocenters. The number of aryl methyl sites for hydroxylation is 1. The van der Waals surface area contributed by atoms with Crippen LogP contribution in [0.15, 0.2) is 12.3 Å². The summed E-state index contributed by atoms with van der Waals surface area (Å²) in [5.41, 5.74) is 6.42. The van der Waals surface area contributed by atoms with Crippen molar-refractivity contribution in [2.45, 2.75) is 13.0 Å². The Labute approximate surface area is 80.3 Å². The van der Waals surface area contributed by atoms with Crippen LogP contribution in [0.3, 0.4) is 0 Å². The lowest BCUT2D eigenvalue weighted by Crippen LogP contribution is -2.20. The predicted molar refractivity (Wildman–Crippen MR) is 48.5 cm³/mol. The number of aliphatic carboxylic acids is 1. The van der Waals surface area contributed by atoms with Crippen LogP contribution in [0.4, 0.5) is 0 Å². The minimum absolute atomic E-state index is 0.406. The van der Waals surface area contributed by atoms with Gasteiger partial charge in [-0.05, 0) is 18.6 Å². The van der Waals surface area contributed by atoms with Gasteiger partial charge in [0.2, 0.25) is 0 Å². The first-order chi connectivity index (χ1) is 6.02. The summed E-state index contributed by atoms with van der Waals surface area (Å²) in [4.78, 5) is 14.4. The SMILES string of the molecule is Cc1ncc(C(N)C(=O)O)cc1Cl. The van der Waals surface area contributed by atoms with Gasteiger partial charge in [0.15, 0.2) is 0 Å². The lowest BCUT2D eigenvalue weighted by molar-refractivity contribution is -0.138. The highest BCUT2D eigenvalue weighted by Gasteiger charge is 2.15. The van der Waals surface area contributed by atoms with Crippen LogP contribution in [0.25, 0.3) is 0 Å². The molecule has 1 unspecified atom stereocenters. The van der Waals surface area contributed by atoms with Gasteiger partial charge in [-0.3, -0.25) is 9.78 Å². The molecule has 0 fully saturated rings. The topological polar surface area (TPSA) is 76.2 Å². The summed E-state index contributed by atoms with van der Waals surface area (Å²) >= 11 is 5.75. The van der Waals surface area contributed by atoms with Crippen LogP contribution in [-0.2, 0) is 4.79 Å². The van der Waals surface area contributed by atoms with E-state index in [2.05, 4.69) is 4.98 Å². The maximum absolute atomic E-state index is 10.5. The van der Waals surface area contributed by atoms with Gasteiger partial charge in [0.25, 0.3) is 0 Å². The van der Waals surface area contributed by atoms with E-state index >= 15 is 0 Å². The van der Waals surface area contributed by atoms with Crippen molar-refractivity contribution in [1.29, 1.82) is 0 Å². The van der Waals surface area contributed by atoms with Crippen molar-refractivity contribution in [3.05, 3.63) is 28.5 Å². The number of halogens is 1. The summed E-state index contributed by atoms with van der Waals surface area (Å²) in [6.07, 6.45) is 1.42. The summed E-state index contributed by atoms with van der Waals surface area (Å²) in [5, 5.41) is 9.02. The quantitative estimate of drug-likeness (QED) is 0.750. The molecule has 0 aromatic carbocycles. The van der Waals surface area contributed by atoms with Crippen molar-refractivity contribution in [3.63, 3.8) is 0 Å². The van der Waals surface area contributed by atoms with E-state index in [0.29, 0.717) is 16.3 Å². The number of hydrogen-bond donors (Lipinski definition) is 2. The smallest absolute Gasteiger partial charge is 0.325 e. The number of hydrogen-bond acceptors (Lipinski definition) is 3. The molecule has 1 aromatic rings. The minimum Gasteiger partial charge on any atom is -0.480 e. The van der Waals surface area contributed by atoms with Crippen LogP contribution in [0.2, 0.25) is 5.02 Å². The second-order valence-electron chi connectivity index (χ2n) is 2.65. The molecule has 70 valence electrons. The lowest BCUT2D eigenvalue weighted by atomic mass is 10.1. The second kappa shape index (κ2) is 3.72. The first kappa shape index (κ1) is 9.95. The number of aromatic nitrogens is 1. The maximum atomic E-state index is 10.5. The molecule has 0 aliphatic carbocycles. The molecule has 0 bridgehead atoms. The minimum atomic E-state index is -1.10. The van der Waals surface area contributed by atoms with Gasteiger partial charge in [-0.1, -0.05) is 11.6 Å². The summed E-state index contributed by atoms with van der Waals surface area (Å²) < 4.78 is 0. The van der Waals surface area contributed by atoms with Crippen LogP contribution in [-0.4, -0.2) is 16.1 Å². The zero-order valence-electron chi connectivity index (χ0n) is 6.99. The normalized spacial score (nSPS) is 12.5. The number of nitrogens with zero attached hydrogens (tertiary/aromatic N) is 1. The molecule has 0 radical (unpaired) electrons. The number of pyridine rings is 1. The van der Waals surface area contributed by atoms with Crippen molar-refractivity contribution < 1.29 is 9.90 Å². The molecule has 0 aliphatic rings. The third-order valence-electron chi connectivity index (χ3n) is 1.67. The lowest BCUT2D eigenvalue weighted by Gasteiger charge is -2.06. The number of carboxylic acid groups (broad SMARTS) is 1. The van der Waals surface area contributed by atoms with Gasteiger partial charge in [-0.15, -0.1) is 0 Å². The maximum Gasteiger partial charge on any atom is 0.325 e. The van der Waals surface area contributed by atoms with Gasteiger partial charge >= 0.3 is 5.97 Å². The Balaban J connectivity index is 3.03. The monoisotopic (exact) mass is 200 g/mol. The Morgan fingerprint density at radius 1 is 1.77 bits per heavy atom. The molecule has 4 nitrogen and oxygen atoms in total. The summed E-state index contributed by atoms with van der Waals surface area (Å²) in [5.74, 6) is -1.10. The number of carbonyl (C=O) groups is 1. The van der Waals surface area contributed by atoms with E-state index in [0.717, 1.165) is 0 Å². The first-order valence-corrected chi connectivity index (χ1v) is 4.00. The number of carboxylic acids is 1. The molecule has 5 heteroatoms. The Morgan fingerprint density at radius 3 is 2.85 bits per heavy atom. The van der Waals surface area contributed by atoms with Crippen molar-refractivity contribution in [2.24, 2.45) is 5.73 Å². The number of nitrogens with two attached hydrogens (primary N) is 1. The Kier molecular flexibility index (Phi) is 2.85. The van der Waals surface area contributed by atoms with Crippen molar-refractivity contribution >= 4 is 17.6 Å². The predicted octanol–water partition coefficient (Wildman–Crippen LogP) is 1.13. The van der Waals surface area contributed by atoms with Crippen LogP contribution in [0, 0.1) is 6.92 Å². The summed E-state index contributed by atoms with van der Waals surface area (Å²) in [7, 11) is 0. The molecule has 1 aromatic heterocycles. The highest BCUT2D eigenvalue weighted by atomic mass is 35.5. The van der Waals surface area contributed by atoms with Crippen molar-refractivity contribution in [2.75, 3.05) is 0 Å². The summed E-state index contributed by atoms with van der Waals surface area (Å²) in [6, 6.07) is 0.452. The first-order valence-electron chi connectivity index (χ1n) is 3.63. The van der Waals surface area contributed by atoms with Crippen LogP contribution >= 0.6 is 11.6 Å². The van der Waals surface area contributed by atoms with E-state index in [1.165, 1.54) is 12.3 Å². The van der Waals surface area contributed by atoms with Gasteiger partial charge in [-0.25, -0.2) is 0 Å². The van der Waals surface area contributed by atoms with E-state index in [-0.39, 0.29) is 0 Å². The summed E-state index contributed by atoms with van der Waals surface area (Å²) in [6.45, 7) is 1.73. The Morgan fingerprint density at radius 2 is 2.38 bits per heavy atom.